The zero-order chi connectivity index (χ0) is 8.93. The number of nitrogens with zero attached hydrogens (tertiary/aromatic N) is 2. The summed E-state index contributed by atoms with van der Waals surface area (Å²) in [5.74, 6) is 0. The van der Waals surface area contributed by atoms with Crippen LogP contribution in [0.25, 0.3) is 0 Å². The second kappa shape index (κ2) is 4.66. The summed E-state index contributed by atoms with van der Waals surface area (Å²) >= 11 is 0. The third-order valence-electron chi connectivity index (χ3n) is 3.02. The molecule has 0 aromatic rings. The molecule has 0 atom stereocenters. The molecule has 0 radical (unpaired) electrons. The lowest BCUT2D eigenvalue weighted by molar-refractivity contribution is 0.242. The number of likely N-dealkylation sites (tertiary alicyclic amines) is 2. The Morgan fingerprint density at radius 2 is 1.62 bits per heavy atom. The van der Waals surface area contributed by atoms with Gasteiger partial charge in [-0.05, 0) is 38.6 Å². The molecule has 2 aliphatic rings. The Morgan fingerprint density at radius 3 is 2.23 bits per heavy atom. The van der Waals surface area contributed by atoms with E-state index in [9.17, 15) is 0 Å². The van der Waals surface area contributed by atoms with E-state index in [2.05, 4.69) is 22.1 Å². The molecule has 0 aromatic heterocycles. The van der Waals surface area contributed by atoms with E-state index in [1.54, 1.807) is 0 Å². The fourth-order valence-corrected chi connectivity index (χ4v) is 1.98. The van der Waals surface area contributed by atoms with Crippen LogP contribution in [0.1, 0.15) is 25.7 Å². The Balaban J connectivity index is 1.62. The van der Waals surface area contributed by atoms with Gasteiger partial charge in [0.25, 0.3) is 0 Å². The molecule has 0 saturated carbocycles. The highest BCUT2D eigenvalue weighted by Crippen LogP contribution is 2.09. The van der Waals surface area contributed by atoms with E-state index < -0.39 is 0 Å². The Labute approximate surface area is 81.2 Å². The molecule has 0 aliphatic carbocycles. The van der Waals surface area contributed by atoms with E-state index >= 15 is 0 Å². The van der Waals surface area contributed by atoms with Crippen LogP contribution >= 0.6 is 0 Å². The highest BCUT2D eigenvalue weighted by molar-refractivity contribution is 4.89. The molecule has 0 bridgehead atoms. The first-order valence-electron chi connectivity index (χ1n) is 5.58. The first kappa shape index (κ1) is 9.07. The maximum absolute atomic E-state index is 2.56. The topological polar surface area (TPSA) is 6.48 Å². The van der Waals surface area contributed by atoms with Crippen molar-refractivity contribution in [3.05, 3.63) is 12.3 Å². The van der Waals surface area contributed by atoms with Crippen LogP contribution in [0.4, 0.5) is 0 Å². The number of rotatable bonds is 3. The molecular weight excluding hydrogens is 160 g/mol. The molecule has 0 aromatic carbocycles. The van der Waals surface area contributed by atoms with Gasteiger partial charge in [0.15, 0.2) is 0 Å². The molecule has 74 valence electrons. The number of hydrogen-bond acceptors (Lipinski definition) is 2. The molecule has 2 saturated heterocycles. The van der Waals surface area contributed by atoms with Gasteiger partial charge in [0, 0.05) is 19.6 Å². The van der Waals surface area contributed by atoms with Crippen LogP contribution in [0.5, 0.6) is 0 Å². The normalized spacial score (nSPS) is 25.1. The molecule has 13 heavy (non-hydrogen) atoms. The molecule has 0 spiro atoms. The van der Waals surface area contributed by atoms with Crippen LogP contribution in [-0.2, 0) is 0 Å². The summed E-state index contributed by atoms with van der Waals surface area (Å²) in [7, 11) is 0. The summed E-state index contributed by atoms with van der Waals surface area (Å²) in [6.45, 7) is 6.33. The third-order valence-corrected chi connectivity index (χ3v) is 3.02. The average molecular weight is 180 g/mol. The average Bonchev–Trinajstić information content (AvgIpc) is 2.11. The van der Waals surface area contributed by atoms with Gasteiger partial charge in [-0.15, -0.1) is 0 Å². The molecule has 2 rings (SSSR count). The van der Waals surface area contributed by atoms with Gasteiger partial charge in [-0.2, -0.15) is 0 Å². The van der Waals surface area contributed by atoms with E-state index in [1.807, 2.05) is 0 Å². The van der Waals surface area contributed by atoms with Crippen LogP contribution < -0.4 is 0 Å². The lowest BCUT2D eigenvalue weighted by atomic mass is 10.1. The van der Waals surface area contributed by atoms with Gasteiger partial charge < -0.3 is 4.90 Å². The standard InChI is InChI=1S/C11H20N2/c1-2-6-12(7-3-1)8-4-9-13-10-5-11-13/h4,9H,1-3,5-8,10-11H2. The molecule has 2 heteroatoms. The Kier molecular flexibility index (Phi) is 3.25. The second-order valence-electron chi connectivity index (χ2n) is 4.14. The predicted molar refractivity (Wildman–Crippen MR) is 55.6 cm³/mol. The van der Waals surface area contributed by atoms with Crippen molar-refractivity contribution in [2.24, 2.45) is 0 Å². The summed E-state index contributed by atoms with van der Waals surface area (Å²) in [4.78, 5) is 4.95. The zero-order valence-corrected chi connectivity index (χ0v) is 8.41. The van der Waals surface area contributed by atoms with Gasteiger partial charge >= 0.3 is 0 Å². The smallest absolute Gasteiger partial charge is 0.0189 e. The van der Waals surface area contributed by atoms with Crippen molar-refractivity contribution in [2.45, 2.75) is 25.7 Å². The van der Waals surface area contributed by atoms with E-state index in [0.29, 0.717) is 0 Å². The van der Waals surface area contributed by atoms with Crippen molar-refractivity contribution in [1.82, 2.24) is 9.80 Å². The molecular formula is C11H20N2. The van der Waals surface area contributed by atoms with Crippen molar-refractivity contribution in [1.29, 1.82) is 0 Å². The minimum atomic E-state index is 1.16. The summed E-state index contributed by atoms with van der Waals surface area (Å²) in [6.07, 6.45) is 10.2. The first-order valence-corrected chi connectivity index (χ1v) is 5.58. The molecule has 0 unspecified atom stereocenters. The quantitative estimate of drug-likeness (QED) is 0.652. The Bertz CT molecular complexity index is 167. The van der Waals surface area contributed by atoms with E-state index in [-0.39, 0.29) is 0 Å². The van der Waals surface area contributed by atoms with Gasteiger partial charge in [0.1, 0.15) is 0 Å². The fourth-order valence-electron chi connectivity index (χ4n) is 1.98. The van der Waals surface area contributed by atoms with Crippen LogP contribution in [0.15, 0.2) is 12.3 Å². The highest BCUT2D eigenvalue weighted by Gasteiger charge is 2.09. The van der Waals surface area contributed by atoms with Gasteiger partial charge in [0.2, 0.25) is 0 Å². The molecule has 0 amide bonds. The van der Waals surface area contributed by atoms with Crippen molar-refractivity contribution in [2.75, 3.05) is 32.7 Å². The Hall–Kier alpha value is -0.500. The van der Waals surface area contributed by atoms with Gasteiger partial charge in [-0.3, -0.25) is 4.90 Å². The van der Waals surface area contributed by atoms with Gasteiger partial charge in [-0.25, -0.2) is 0 Å². The lowest BCUT2D eigenvalue weighted by Crippen LogP contribution is -2.33. The molecule has 0 N–H and O–H groups in total. The van der Waals surface area contributed by atoms with Crippen molar-refractivity contribution in [3.8, 4) is 0 Å². The minimum absolute atomic E-state index is 1.16. The largest absolute Gasteiger partial charge is 0.377 e. The maximum atomic E-state index is 2.56. The zero-order valence-electron chi connectivity index (χ0n) is 8.41. The van der Waals surface area contributed by atoms with E-state index in [1.165, 1.54) is 51.9 Å². The molecule has 2 nitrogen and oxygen atoms in total. The van der Waals surface area contributed by atoms with Crippen LogP contribution in [0.3, 0.4) is 0 Å². The molecule has 2 aliphatic heterocycles. The van der Waals surface area contributed by atoms with E-state index in [4.69, 9.17) is 0 Å². The predicted octanol–water partition coefficient (Wildman–Crippen LogP) is 1.69. The summed E-state index contributed by atoms with van der Waals surface area (Å²) in [5.41, 5.74) is 0. The summed E-state index contributed by atoms with van der Waals surface area (Å²) < 4.78 is 0. The Morgan fingerprint density at radius 1 is 0.846 bits per heavy atom. The fraction of sp³-hybridized carbons (Fsp3) is 0.818. The van der Waals surface area contributed by atoms with E-state index in [0.717, 1.165) is 6.54 Å². The van der Waals surface area contributed by atoms with Crippen molar-refractivity contribution < 1.29 is 0 Å². The van der Waals surface area contributed by atoms with Crippen LogP contribution in [0, 0.1) is 0 Å². The monoisotopic (exact) mass is 180 g/mol. The van der Waals surface area contributed by atoms with Gasteiger partial charge in [0.05, 0.1) is 0 Å². The van der Waals surface area contributed by atoms with Gasteiger partial charge in [-0.1, -0.05) is 12.5 Å². The number of hydrogen-bond donors (Lipinski definition) is 0. The second-order valence-corrected chi connectivity index (χ2v) is 4.14. The van der Waals surface area contributed by atoms with Crippen LogP contribution in [0.2, 0.25) is 0 Å². The third kappa shape index (κ3) is 2.73. The minimum Gasteiger partial charge on any atom is -0.377 e. The lowest BCUT2D eigenvalue weighted by Gasteiger charge is -2.30. The molecule has 2 fully saturated rings. The maximum Gasteiger partial charge on any atom is 0.0189 e. The summed E-state index contributed by atoms with van der Waals surface area (Å²) in [5, 5.41) is 0. The van der Waals surface area contributed by atoms with Crippen molar-refractivity contribution in [3.63, 3.8) is 0 Å². The SMILES string of the molecule is C(=CN1CCC1)CN1CCCCC1. The summed E-state index contributed by atoms with van der Waals surface area (Å²) in [6, 6.07) is 0. The van der Waals surface area contributed by atoms with Crippen molar-refractivity contribution >= 4 is 0 Å². The first-order chi connectivity index (χ1) is 6.45. The number of piperidine rings is 1. The van der Waals surface area contributed by atoms with Crippen LogP contribution in [-0.4, -0.2) is 42.5 Å². The highest BCUT2D eigenvalue weighted by atomic mass is 15.2. The molecule has 2 heterocycles.